The largest absolute Gasteiger partial charge is 0.508 e. The third-order valence-electron chi connectivity index (χ3n) is 9.64. The third kappa shape index (κ3) is 13.1. The van der Waals surface area contributed by atoms with Gasteiger partial charge in [0.05, 0.1) is 30.4 Å². The molecule has 0 bridgehead atoms. The van der Waals surface area contributed by atoms with E-state index in [1.807, 2.05) is 0 Å². The van der Waals surface area contributed by atoms with Crippen LogP contribution in [0.1, 0.15) is 71.0 Å². The minimum absolute atomic E-state index is 0.0931. The molecule has 0 radical (unpaired) electrons. The van der Waals surface area contributed by atoms with Gasteiger partial charge in [-0.3, -0.25) is 23.5 Å². The van der Waals surface area contributed by atoms with Crippen LogP contribution in [0.3, 0.4) is 0 Å². The smallest absolute Gasteiger partial charge is 0.490 e. The lowest BCUT2D eigenvalue weighted by molar-refractivity contribution is -0.121. The van der Waals surface area contributed by atoms with Gasteiger partial charge in [0.1, 0.15) is 29.1 Å². The molecule has 1 aliphatic carbocycles. The molecule has 3 heterocycles. The Bertz CT molecular complexity index is 2990. The summed E-state index contributed by atoms with van der Waals surface area (Å²) in [6.07, 6.45) is 1.33. The van der Waals surface area contributed by atoms with Gasteiger partial charge in [0, 0.05) is 53.4 Å². The number of carboxylic acid groups (broad SMARTS) is 1. The van der Waals surface area contributed by atoms with Crippen LogP contribution in [0.4, 0.5) is 5.82 Å². The first-order valence-electron chi connectivity index (χ1n) is 19.5. The first-order chi connectivity index (χ1) is 31.1. The number of amides is 2. The van der Waals surface area contributed by atoms with Crippen LogP contribution in [-0.2, 0) is 36.4 Å². The fourth-order valence-electron chi connectivity index (χ4n) is 6.77. The van der Waals surface area contributed by atoms with Crippen LogP contribution in [0.25, 0.3) is 33.4 Å². The molecular formula is C39H40N5O19P3. The standard InChI is InChI=1S/C39H40N5O19P3/c40-36-23(20-44(39(51)43-36)34-14-10-26(60-34)21-59-65(55,56)63-66(57,58)62-64(52,53)54)5-4-16-41-33(47)6-2-1-3-15-42-37(48)22-7-11-27(38(49)50)30(17-22)35-28-12-8-24(45)18-31(28)61-32-19-25(46)9-13-29(32)35/h7-9,11-13,17-20,26,34,45H,1-3,6,10,14-16,21H2,(H,41,47)(H,42,48)(H,49,50)(H,55,56)(H,57,58)(H2,40,43,51)(H2,52,53,54)/t26-,34+/m0/s1. The number of nitrogen functional groups attached to an aromatic ring is 1. The number of carbonyl (C=O) groups excluding carboxylic acids is 2. The Balaban J connectivity index is 0.961. The fourth-order valence-corrected chi connectivity index (χ4v) is 9.82. The van der Waals surface area contributed by atoms with Crippen molar-refractivity contribution in [3.8, 4) is 40.0 Å². The van der Waals surface area contributed by atoms with Crippen molar-refractivity contribution in [3.63, 3.8) is 0 Å². The molecule has 10 N–H and O–H groups in total. The summed E-state index contributed by atoms with van der Waals surface area (Å²) < 4.78 is 58.9. The van der Waals surface area contributed by atoms with Gasteiger partial charge < -0.3 is 55.3 Å². The van der Waals surface area contributed by atoms with Gasteiger partial charge >= 0.3 is 35.1 Å². The zero-order valence-electron chi connectivity index (χ0n) is 34.1. The number of hydrogen-bond donors (Lipinski definition) is 9. The average molecular weight is 976 g/mol. The van der Waals surface area contributed by atoms with Crippen molar-refractivity contribution < 1.29 is 80.2 Å². The lowest BCUT2D eigenvalue weighted by Gasteiger charge is -2.19. The van der Waals surface area contributed by atoms with E-state index < -0.39 is 60.0 Å². The molecule has 27 heteroatoms. The summed E-state index contributed by atoms with van der Waals surface area (Å²) in [6, 6.07) is 12.5. The van der Waals surface area contributed by atoms with Crippen LogP contribution < -0.4 is 27.5 Å². The van der Waals surface area contributed by atoms with Crippen molar-refractivity contribution in [2.45, 2.75) is 50.9 Å². The molecule has 1 aromatic heterocycles. The lowest BCUT2D eigenvalue weighted by atomic mass is 9.89. The van der Waals surface area contributed by atoms with E-state index in [4.69, 9.17) is 24.7 Å². The summed E-state index contributed by atoms with van der Waals surface area (Å²) in [5.74, 6) is 3.23. The molecule has 3 aromatic rings. The molecule has 0 saturated carbocycles. The lowest BCUT2D eigenvalue weighted by Crippen LogP contribution is -2.29. The summed E-state index contributed by atoms with van der Waals surface area (Å²) in [5, 5.41) is 26.1. The number of phenolic OH excluding ortho intramolecular Hbond substituents is 1. The predicted molar refractivity (Wildman–Crippen MR) is 230 cm³/mol. The molecule has 2 aromatic carbocycles. The van der Waals surface area contributed by atoms with E-state index in [2.05, 4.69) is 40.6 Å². The van der Waals surface area contributed by atoms with Crippen LogP contribution in [0.5, 0.6) is 5.75 Å². The van der Waals surface area contributed by atoms with Crippen molar-refractivity contribution in [2.75, 3.05) is 25.4 Å². The third-order valence-corrected chi connectivity index (χ3v) is 13.4. The van der Waals surface area contributed by atoms with E-state index in [0.29, 0.717) is 35.8 Å². The minimum Gasteiger partial charge on any atom is -0.508 e. The quantitative estimate of drug-likeness (QED) is 0.0262. The Morgan fingerprint density at radius 3 is 2.42 bits per heavy atom. The Kier molecular flexibility index (Phi) is 15.4. The number of carbonyl (C=O) groups is 3. The van der Waals surface area contributed by atoms with E-state index in [0.717, 1.165) is 4.57 Å². The second-order valence-corrected chi connectivity index (χ2v) is 18.9. The zero-order chi connectivity index (χ0) is 48.0. The highest BCUT2D eigenvalue weighted by atomic mass is 31.3. The highest BCUT2D eigenvalue weighted by Gasteiger charge is 2.41. The number of aromatic carboxylic acids is 1. The SMILES string of the molecule is Nc1nc(=O)n([C@H]2CC[C@@H](COP(=O)(O)OP(=O)(O)OP(=O)(O)O)O2)cc1C#CCNC(=O)CCCCCNC(=O)c1ccc(C(=O)O)c(-c2c3ccc(=O)cc-3oc3cc(O)ccc23)c1. The number of ether oxygens (including phenoxy) is 1. The number of aromatic nitrogens is 2. The number of aromatic hydroxyl groups is 1. The molecule has 2 aliphatic heterocycles. The number of anilines is 1. The Labute approximate surface area is 372 Å². The maximum atomic E-state index is 13.2. The molecule has 24 nitrogen and oxygen atoms in total. The second-order valence-electron chi connectivity index (χ2n) is 14.4. The maximum Gasteiger partial charge on any atom is 0.490 e. The van der Waals surface area contributed by atoms with E-state index in [1.165, 1.54) is 54.7 Å². The molecule has 2 amide bonds. The van der Waals surface area contributed by atoms with Gasteiger partial charge in [0.25, 0.3) is 5.91 Å². The molecule has 4 atom stereocenters. The van der Waals surface area contributed by atoms with Crippen LogP contribution in [-0.4, -0.2) is 82.9 Å². The number of phosphoric acid groups is 3. The topological polar surface area (TPSA) is 376 Å². The summed E-state index contributed by atoms with van der Waals surface area (Å²) >= 11 is 0. The van der Waals surface area contributed by atoms with Crippen LogP contribution in [0.15, 0.2) is 74.8 Å². The molecule has 2 unspecified atom stereocenters. The molecule has 3 aliphatic rings. The average Bonchev–Trinajstić information content (AvgIpc) is 3.70. The Morgan fingerprint density at radius 2 is 1.68 bits per heavy atom. The number of nitrogens with two attached hydrogens (primary N) is 1. The van der Waals surface area contributed by atoms with E-state index in [1.54, 1.807) is 6.07 Å². The number of nitrogens with one attached hydrogen (secondary N) is 2. The maximum absolute atomic E-state index is 13.2. The van der Waals surface area contributed by atoms with Crippen molar-refractivity contribution in [1.82, 2.24) is 20.2 Å². The number of phosphoric ester groups is 1. The van der Waals surface area contributed by atoms with Gasteiger partial charge in [-0.1, -0.05) is 18.3 Å². The van der Waals surface area contributed by atoms with Gasteiger partial charge in [0.2, 0.25) is 5.91 Å². The molecule has 0 spiro atoms. The Morgan fingerprint density at radius 1 is 0.909 bits per heavy atom. The first kappa shape index (κ1) is 49.4. The predicted octanol–water partition coefficient (Wildman–Crippen LogP) is 3.59. The monoisotopic (exact) mass is 975 g/mol. The highest BCUT2D eigenvalue weighted by molar-refractivity contribution is 7.66. The van der Waals surface area contributed by atoms with E-state index in [-0.39, 0.29) is 88.9 Å². The minimum atomic E-state index is -5.71. The van der Waals surface area contributed by atoms with Crippen LogP contribution in [0.2, 0.25) is 0 Å². The molecule has 1 fully saturated rings. The molecular weight excluding hydrogens is 935 g/mol. The van der Waals surface area contributed by atoms with E-state index >= 15 is 0 Å². The summed E-state index contributed by atoms with van der Waals surface area (Å²) in [6.45, 7) is -0.556. The molecule has 1 saturated heterocycles. The zero-order valence-corrected chi connectivity index (χ0v) is 36.8. The number of nitrogens with zero attached hydrogens (tertiary/aromatic N) is 2. The van der Waals surface area contributed by atoms with Gasteiger partial charge in [-0.2, -0.15) is 13.6 Å². The Hall–Kier alpha value is -6.05. The number of hydrogen-bond acceptors (Lipinski definition) is 16. The number of rotatable bonds is 18. The summed E-state index contributed by atoms with van der Waals surface area (Å²) in [4.78, 5) is 103. The normalized spacial score (nSPS) is 16.8. The summed E-state index contributed by atoms with van der Waals surface area (Å²) in [5.41, 5.74) is 6.09. The molecule has 6 rings (SSSR count). The number of phenols is 1. The van der Waals surface area contributed by atoms with Gasteiger partial charge in [-0.25, -0.2) is 23.3 Å². The number of fused-ring (bicyclic) bond motifs is 2. The van der Waals surface area contributed by atoms with Crippen molar-refractivity contribution in [3.05, 3.63) is 98.2 Å². The van der Waals surface area contributed by atoms with Crippen LogP contribution >= 0.6 is 23.5 Å². The first-order valence-corrected chi connectivity index (χ1v) is 24.0. The van der Waals surface area contributed by atoms with Gasteiger partial charge in [0.15, 0.2) is 5.43 Å². The van der Waals surface area contributed by atoms with Crippen LogP contribution in [0, 0.1) is 11.8 Å². The number of benzene rings is 3. The molecule has 350 valence electrons. The van der Waals surface area contributed by atoms with Crippen molar-refractivity contribution in [2.24, 2.45) is 0 Å². The second kappa shape index (κ2) is 20.6. The summed E-state index contributed by atoms with van der Waals surface area (Å²) in [7, 11) is -16.7. The van der Waals surface area contributed by atoms with Gasteiger partial charge in [-0.05, 0) is 73.7 Å². The number of carboxylic acids is 1. The van der Waals surface area contributed by atoms with Crippen molar-refractivity contribution in [1.29, 1.82) is 0 Å². The fraction of sp³-hybridized carbons (Fsp3) is 0.282. The van der Waals surface area contributed by atoms with Gasteiger partial charge in [-0.15, -0.1) is 0 Å². The highest BCUT2D eigenvalue weighted by Crippen LogP contribution is 2.66. The van der Waals surface area contributed by atoms with E-state index in [9.17, 15) is 57.7 Å². The number of unbranched alkanes of at least 4 members (excludes halogenated alkanes) is 2. The van der Waals surface area contributed by atoms with Crippen molar-refractivity contribution >= 4 is 58.0 Å². The molecule has 66 heavy (non-hydrogen) atoms.